The Morgan fingerprint density at radius 1 is 0.789 bits per heavy atom. The molecule has 0 bridgehead atoms. The zero-order valence-electron chi connectivity index (χ0n) is 21.3. The Bertz CT molecular complexity index is 1520. The maximum atomic E-state index is 13.7. The summed E-state index contributed by atoms with van der Waals surface area (Å²) in [4.78, 5) is 31.3. The van der Waals surface area contributed by atoms with E-state index in [-0.39, 0.29) is 33.2 Å². The highest BCUT2D eigenvalue weighted by molar-refractivity contribution is 7.89. The molecule has 0 aromatic heterocycles. The highest BCUT2D eigenvalue weighted by Crippen LogP contribution is 2.32. The van der Waals surface area contributed by atoms with Gasteiger partial charge >= 0.3 is 0 Å². The van der Waals surface area contributed by atoms with E-state index in [2.05, 4.69) is 9.62 Å². The summed E-state index contributed by atoms with van der Waals surface area (Å²) in [6, 6.07) is 20.6. The van der Waals surface area contributed by atoms with Crippen molar-refractivity contribution in [3.05, 3.63) is 101 Å². The molecule has 0 saturated carbocycles. The minimum absolute atomic E-state index is 0.0198. The van der Waals surface area contributed by atoms with E-state index in [4.69, 9.17) is 4.74 Å². The first-order valence-corrected chi connectivity index (χ1v) is 14.0. The van der Waals surface area contributed by atoms with Crippen LogP contribution in [0.25, 0.3) is 0 Å². The van der Waals surface area contributed by atoms with E-state index < -0.39 is 15.8 Å². The molecular weight excluding hydrogens is 502 g/mol. The van der Waals surface area contributed by atoms with Gasteiger partial charge in [-0.1, -0.05) is 54.1 Å². The molecule has 0 spiro atoms. The monoisotopic (exact) mass is 531 g/mol. The van der Waals surface area contributed by atoms with Gasteiger partial charge in [0.1, 0.15) is 17.1 Å². The van der Waals surface area contributed by atoms with E-state index in [0.717, 1.165) is 17.0 Å². The van der Waals surface area contributed by atoms with E-state index in [1.165, 1.54) is 12.1 Å². The Morgan fingerprint density at radius 2 is 1.37 bits per heavy atom. The third-order valence-electron chi connectivity index (χ3n) is 6.76. The summed E-state index contributed by atoms with van der Waals surface area (Å²) in [6.45, 7) is 6.31. The van der Waals surface area contributed by atoms with Crippen LogP contribution in [0.3, 0.4) is 0 Å². The van der Waals surface area contributed by atoms with Gasteiger partial charge < -0.3 is 14.5 Å². The van der Waals surface area contributed by atoms with Crippen molar-refractivity contribution in [2.45, 2.75) is 18.7 Å². The molecule has 0 atom stereocenters. The fraction of sp³-hybridized carbons (Fsp3) is 0.241. The number of nitrogens with zero attached hydrogens (tertiary/aromatic N) is 2. The maximum absolute atomic E-state index is 13.7. The van der Waals surface area contributed by atoms with Crippen molar-refractivity contribution in [3.63, 3.8) is 0 Å². The second-order valence-corrected chi connectivity index (χ2v) is 10.9. The summed E-state index contributed by atoms with van der Waals surface area (Å²) in [6.07, 6.45) is 0. The number of ketones is 2. The molecule has 0 unspecified atom stereocenters. The predicted octanol–water partition coefficient (Wildman–Crippen LogP) is 3.79. The van der Waals surface area contributed by atoms with Crippen LogP contribution in [0.15, 0.2) is 89.1 Å². The first kappa shape index (κ1) is 25.5. The molecule has 1 aliphatic heterocycles. The van der Waals surface area contributed by atoms with Gasteiger partial charge in [-0.3, -0.25) is 14.3 Å². The van der Waals surface area contributed by atoms with Crippen molar-refractivity contribution in [1.82, 2.24) is 9.62 Å². The lowest BCUT2D eigenvalue weighted by Crippen LogP contribution is -2.49. The Hall–Kier alpha value is -4.11. The average Bonchev–Trinajstić information content (AvgIpc) is 2.93. The highest BCUT2D eigenvalue weighted by atomic mass is 32.2. The van der Waals surface area contributed by atoms with Crippen LogP contribution in [-0.2, 0) is 10.0 Å². The minimum atomic E-state index is -4.11. The highest BCUT2D eigenvalue weighted by Gasteiger charge is 2.38. The number of anilines is 1. The number of sulfonamides is 1. The number of rotatable bonds is 7. The topological polar surface area (TPSA) is 96.0 Å². The molecule has 1 fully saturated rings. The molecule has 0 amide bonds. The average molecular weight is 532 g/mol. The predicted molar refractivity (Wildman–Crippen MR) is 145 cm³/mol. The molecule has 8 nitrogen and oxygen atoms in total. The number of hydrogen-bond donors (Lipinski definition) is 1. The van der Waals surface area contributed by atoms with Crippen molar-refractivity contribution in [3.8, 4) is 5.75 Å². The smallest absolute Gasteiger partial charge is 0.262 e. The normalized spacial score (nSPS) is 15.9. The van der Waals surface area contributed by atoms with Gasteiger partial charge in [0.25, 0.3) is 10.0 Å². The lowest BCUT2D eigenvalue weighted by Gasteiger charge is -2.39. The number of aryl methyl sites for hydroxylation is 1. The van der Waals surface area contributed by atoms with Crippen LogP contribution in [0.1, 0.15) is 33.2 Å². The number of Topliss-reactive ketones (excluding diaryl/α,β-unsaturated/α-hetero) is 2. The molecule has 38 heavy (non-hydrogen) atoms. The third kappa shape index (κ3) is 4.77. The fourth-order valence-corrected chi connectivity index (χ4v) is 5.91. The van der Waals surface area contributed by atoms with Crippen LogP contribution in [-0.4, -0.2) is 57.7 Å². The molecule has 3 aromatic rings. The summed E-state index contributed by atoms with van der Waals surface area (Å²) >= 11 is 0. The number of piperazine rings is 1. The standard InChI is InChI=1S/C29H29N3O5S/c1-3-37-25-11-7-6-10-24(25)31-16-18-32(19-17-31)27-26(28(33)22-8-4-5-9-23(22)29(27)34)30-38(35,36)21-14-12-20(2)13-15-21/h4-15,30H,3,16-19H2,1-2H3. The van der Waals surface area contributed by atoms with Gasteiger partial charge in [-0.2, -0.15) is 0 Å². The molecule has 2 aliphatic rings. The molecule has 1 aliphatic carbocycles. The lowest BCUT2D eigenvalue weighted by atomic mass is 9.89. The van der Waals surface area contributed by atoms with Gasteiger partial charge in [-0.15, -0.1) is 0 Å². The van der Waals surface area contributed by atoms with Crippen molar-refractivity contribution in [1.29, 1.82) is 0 Å². The van der Waals surface area contributed by atoms with E-state index in [0.29, 0.717) is 32.8 Å². The summed E-state index contributed by atoms with van der Waals surface area (Å²) in [5, 5.41) is 0. The van der Waals surface area contributed by atoms with Crippen LogP contribution in [0, 0.1) is 6.92 Å². The van der Waals surface area contributed by atoms with E-state index in [9.17, 15) is 18.0 Å². The fourth-order valence-electron chi connectivity index (χ4n) is 4.84. The van der Waals surface area contributed by atoms with E-state index in [1.807, 2.05) is 43.0 Å². The summed E-state index contributed by atoms with van der Waals surface area (Å²) in [5.74, 6) is -0.105. The number of nitrogens with one attached hydrogen (secondary N) is 1. The number of para-hydroxylation sites is 2. The van der Waals surface area contributed by atoms with Crippen molar-refractivity contribution in [2.75, 3.05) is 37.7 Å². The summed E-state index contributed by atoms with van der Waals surface area (Å²) in [5.41, 5.74) is 2.20. The molecule has 5 rings (SSSR count). The first-order valence-electron chi connectivity index (χ1n) is 12.5. The molecule has 1 heterocycles. The molecule has 3 aromatic carbocycles. The number of carbonyl (C=O) groups is 2. The van der Waals surface area contributed by atoms with Gasteiger partial charge in [-0.25, -0.2) is 8.42 Å². The number of allylic oxidation sites excluding steroid dienone is 2. The molecule has 196 valence electrons. The summed E-state index contributed by atoms with van der Waals surface area (Å²) in [7, 11) is -4.11. The number of fused-ring (bicyclic) bond motifs is 1. The second-order valence-electron chi connectivity index (χ2n) is 9.22. The van der Waals surface area contributed by atoms with Crippen molar-refractivity contribution < 1.29 is 22.7 Å². The third-order valence-corrected chi connectivity index (χ3v) is 8.13. The maximum Gasteiger partial charge on any atom is 0.262 e. The van der Waals surface area contributed by atoms with Gasteiger partial charge in [0.15, 0.2) is 0 Å². The molecule has 9 heteroatoms. The number of benzene rings is 3. The number of hydrogen-bond acceptors (Lipinski definition) is 7. The molecule has 1 N–H and O–H groups in total. The zero-order chi connectivity index (χ0) is 26.9. The van der Waals surface area contributed by atoms with Crippen LogP contribution >= 0.6 is 0 Å². The largest absolute Gasteiger partial charge is 0.492 e. The lowest BCUT2D eigenvalue weighted by molar-refractivity contribution is 0.0935. The zero-order valence-corrected chi connectivity index (χ0v) is 22.1. The van der Waals surface area contributed by atoms with Crippen LogP contribution in [0.2, 0.25) is 0 Å². The van der Waals surface area contributed by atoms with E-state index >= 15 is 0 Å². The Kier molecular flexibility index (Phi) is 6.94. The number of ether oxygens (including phenoxy) is 1. The summed E-state index contributed by atoms with van der Waals surface area (Å²) < 4.78 is 34.8. The van der Waals surface area contributed by atoms with Crippen LogP contribution < -0.4 is 14.4 Å². The van der Waals surface area contributed by atoms with Crippen LogP contribution in [0.5, 0.6) is 5.75 Å². The van der Waals surface area contributed by atoms with Crippen molar-refractivity contribution in [2.24, 2.45) is 0 Å². The minimum Gasteiger partial charge on any atom is -0.492 e. The Labute approximate surface area is 222 Å². The van der Waals surface area contributed by atoms with Gasteiger partial charge in [-0.05, 0) is 38.1 Å². The van der Waals surface area contributed by atoms with Gasteiger partial charge in [0, 0.05) is 37.3 Å². The van der Waals surface area contributed by atoms with Gasteiger partial charge in [0.2, 0.25) is 11.6 Å². The quantitative estimate of drug-likeness (QED) is 0.496. The SMILES string of the molecule is CCOc1ccccc1N1CCN(C2=C(NS(=O)(=O)c3ccc(C)cc3)C(=O)c3ccccc3C2=O)CC1. The molecule has 0 radical (unpaired) electrons. The molecule has 1 saturated heterocycles. The second kappa shape index (κ2) is 10.3. The van der Waals surface area contributed by atoms with Crippen LogP contribution in [0.4, 0.5) is 5.69 Å². The Morgan fingerprint density at radius 3 is 2.03 bits per heavy atom. The molecular formula is C29H29N3O5S. The van der Waals surface area contributed by atoms with E-state index in [1.54, 1.807) is 36.4 Å². The van der Waals surface area contributed by atoms with Crippen molar-refractivity contribution >= 4 is 27.3 Å². The Balaban J connectivity index is 1.49. The number of carbonyl (C=O) groups excluding carboxylic acids is 2. The van der Waals surface area contributed by atoms with Gasteiger partial charge in [0.05, 0.1) is 17.2 Å². The first-order chi connectivity index (χ1) is 18.3.